The van der Waals surface area contributed by atoms with Crippen LogP contribution in [0.3, 0.4) is 0 Å². The molecule has 1 fully saturated rings. The number of likely N-dealkylation sites (tertiary alicyclic amines) is 1. The summed E-state index contributed by atoms with van der Waals surface area (Å²) in [5.41, 5.74) is 4.35. The molecule has 7 heteroatoms. The molecule has 1 unspecified atom stereocenters. The maximum absolute atomic E-state index is 13.5. The highest BCUT2D eigenvalue weighted by Gasteiger charge is 2.27. The Morgan fingerprint density at radius 3 is 2.39 bits per heavy atom. The summed E-state index contributed by atoms with van der Waals surface area (Å²) in [6.07, 6.45) is 2.35. The standard InChI is InChI=1S/C29H31N3O4/c1-30(28(33)20-32-25-18-24(35-2)14-15-27(25)36-29(32)34)26(19-31-16-6-7-17-31)23-12-10-22(11-13-23)21-8-4-3-5-9-21/h3-5,8-15,18,26H,6-7,16-17,19-20H2,1-2H3. The minimum Gasteiger partial charge on any atom is -0.497 e. The first kappa shape index (κ1) is 23.9. The lowest BCUT2D eigenvalue weighted by Crippen LogP contribution is -2.40. The lowest BCUT2D eigenvalue weighted by atomic mass is 9.99. The minimum atomic E-state index is -0.552. The van der Waals surface area contributed by atoms with Crippen LogP contribution in [0.1, 0.15) is 24.4 Å². The summed E-state index contributed by atoms with van der Waals surface area (Å²) in [6.45, 7) is 2.72. The summed E-state index contributed by atoms with van der Waals surface area (Å²) < 4.78 is 12.0. The van der Waals surface area contributed by atoms with E-state index in [0.29, 0.717) is 16.8 Å². The molecule has 0 aliphatic carbocycles. The van der Waals surface area contributed by atoms with Crippen LogP contribution < -0.4 is 10.5 Å². The number of hydrogen-bond acceptors (Lipinski definition) is 5. The smallest absolute Gasteiger partial charge is 0.420 e. The van der Waals surface area contributed by atoms with Crippen LogP contribution in [0.4, 0.5) is 0 Å². The monoisotopic (exact) mass is 485 g/mol. The van der Waals surface area contributed by atoms with Gasteiger partial charge < -0.3 is 19.0 Å². The molecular weight excluding hydrogens is 454 g/mol. The number of nitrogens with zero attached hydrogens (tertiary/aromatic N) is 3. The highest BCUT2D eigenvalue weighted by Crippen LogP contribution is 2.27. The van der Waals surface area contributed by atoms with E-state index in [4.69, 9.17) is 9.15 Å². The van der Waals surface area contributed by atoms with Gasteiger partial charge in [-0.1, -0.05) is 54.6 Å². The van der Waals surface area contributed by atoms with E-state index >= 15 is 0 Å². The maximum Gasteiger partial charge on any atom is 0.420 e. The van der Waals surface area contributed by atoms with E-state index < -0.39 is 5.76 Å². The summed E-state index contributed by atoms with van der Waals surface area (Å²) in [6, 6.07) is 23.7. The van der Waals surface area contributed by atoms with Crippen molar-refractivity contribution in [3.8, 4) is 16.9 Å². The average Bonchev–Trinajstić information content (AvgIpc) is 3.54. The number of hydrogen-bond donors (Lipinski definition) is 0. The molecule has 1 aliphatic heterocycles. The van der Waals surface area contributed by atoms with Gasteiger partial charge in [0.15, 0.2) is 5.58 Å². The second-order valence-electron chi connectivity index (χ2n) is 9.30. The van der Waals surface area contributed by atoms with Crippen molar-refractivity contribution >= 4 is 17.0 Å². The first-order valence-corrected chi connectivity index (χ1v) is 12.3. The zero-order valence-corrected chi connectivity index (χ0v) is 20.7. The number of carbonyl (C=O) groups excluding carboxylic acids is 1. The normalized spacial score (nSPS) is 14.7. The van der Waals surface area contributed by atoms with Crippen molar-refractivity contribution in [3.63, 3.8) is 0 Å². The van der Waals surface area contributed by atoms with Gasteiger partial charge in [0.2, 0.25) is 5.91 Å². The second kappa shape index (κ2) is 10.4. The van der Waals surface area contributed by atoms with Crippen molar-refractivity contribution in [3.05, 3.63) is 88.9 Å². The molecule has 186 valence electrons. The highest BCUT2D eigenvalue weighted by atomic mass is 16.5. The van der Waals surface area contributed by atoms with Gasteiger partial charge in [0, 0.05) is 19.7 Å². The van der Waals surface area contributed by atoms with Crippen LogP contribution in [0.2, 0.25) is 0 Å². The van der Waals surface area contributed by atoms with E-state index in [9.17, 15) is 9.59 Å². The number of ether oxygens (including phenoxy) is 1. The number of fused-ring (bicyclic) bond motifs is 1. The molecule has 1 aromatic heterocycles. The van der Waals surface area contributed by atoms with Gasteiger partial charge in [-0.2, -0.15) is 0 Å². The van der Waals surface area contributed by atoms with Crippen LogP contribution in [0.5, 0.6) is 5.75 Å². The van der Waals surface area contributed by atoms with Crippen molar-refractivity contribution in [1.29, 1.82) is 0 Å². The van der Waals surface area contributed by atoms with Gasteiger partial charge in [0.25, 0.3) is 0 Å². The van der Waals surface area contributed by atoms with Gasteiger partial charge in [-0.3, -0.25) is 9.36 Å². The molecule has 3 aromatic carbocycles. The number of likely N-dealkylation sites (N-methyl/N-ethyl adjacent to an activating group) is 1. The van der Waals surface area contributed by atoms with E-state index in [0.717, 1.165) is 36.3 Å². The molecule has 7 nitrogen and oxygen atoms in total. The molecule has 2 heterocycles. The number of methoxy groups -OCH3 is 1. The lowest BCUT2D eigenvalue weighted by molar-refractivity contribution is -0.133. The highest BCUT2D eigenvalue weighted by molar-refractivity contribution is 5.80. The second-order valence-corrected chi connectivity index (χ2v) is 9.30. The van der Waals surface area contributed by atoms with E-state index in [-0.39, 0.29) is 18.5 Å². The third-order valence-corrected chi connectivity index (χ3v) is 7.06. The molecule has 0 spiro atoms. The van der Waals surface area contributed by atoms with Crippen LogP contribution in [-0.2, 0) is 11.3 Å². The third kappa shape index (κ3) is 4.93. The van der Waals surface area contributed by atoms with Gasteiger partial charge in [-0.05, 0) is 54.8 Å². The molecular formula is C29H31N3O4. The van der Waals surface area contributed by atoms with Crippen molar-refractivity contribution in [2.24, 2.45) is 0 Å². The molecule has 1 saturated heterocycles. The Hall–Kier alpha value is -3.84. The minimum absolute atomic E-state index is 0.103. The van der Waals surface area contributed by atoms with Gasteiger partial charge in [-0.15, -0.1) is 0 Å². The van der Waals surface area contributed by atoms with Gasteiger partial charge in [0.05, 0.1) is 18.7 Å². The fourth-order valence-corrected chi connectivity index (χ4v) is 4.93. The van der Waals surface area contributed by atoms with Gasteiger partial charge >= 0.3 is 5.76 Å². The molecule has 0 bridgehead atoms. The zero-order valence-electron chi connectivity index (χ0n) is 20.7. The third-order valence-electron chi connectivity index (χ3n) is 7.06. The van der Waals surface area contributed by atoms with Crippen molar-refractivity contribution in [2.45, 2.75) is 25.4 Å². The van der Waals surface area contributed by atoms with Crippen LogP contribution in [0, 0.1) is 0 Å². The predicted octanol–water partition coefficient (Wildman–Crippen LogP) is 4.57. The fourth-order valence-electron chi connectivity index (χ4n) is 4.93. The average molecular weight is 486 g/mol. The van der Waals surface area contributed by atoms with E-state index in [1.807, 2.05) is 25.2 Å². The Labute approximate surface area is 210 Å². The van der Waals surface area contributed by atoms with Gasteiger partial charge in [0.1, 0.15) is 12.3 Å². The predicted molar refractivity (Wildman–Crippen MR) is 140 cm³/mol. The molecule has 0 radical (unpaired) electrons. The molecule has 5 rings (SSSR count). The number of amides is 1. The molecule has 1 aliphatic rings. The molecule has 0 N–H and O–H groups in total. The lowest BCUT2D eigenvalue weighted by Gasteiger charge is -2.32. The zero-order chi connectivity index (χ0) is 25.1. The first-order chi connectivity index (χ1) is 17.5. The summed E-state index contributed by atoms with van der Waals surface area (Å²) in [5, 5.41) is 0. The summed E-state index contributed by atoms with van der Waals surface area (Å²) in [7, 11) is 3.39. The molecule has 1 amide bonds. The summed E-state index contributed by atoms with van der Waals surface area (Å²) >= 11 is 0. The maximum atomic E-state index is 13.5. The first-order valence-electron chi connectivity index (χ1n) is 12.3. The van der Waals surface area contributed by atoms with Crippen molar-refractivity contribution in [1.82, 2.24) is 14.4 Å². The Morgan fingerprint density at radius 1 is 1.00 bits per heavy atom. The topological polar surface area (TPSA) is 67.9 Å². The van der Waals surface area contributed by atoms with E-state index in [1.165, 1.54) is 17.4 Å². The quantitative estimate of drug-likeness (QED) is 0.366. The fraction of sp³-hybridized carbons (Fsp3) is 0.310. The number of oxazole rings is 1. The Morgan fingerprint density at radius 2 is 1.69 bits per heavy atom. The van der Waals surface area contributed by atoms with Crippen molar-refractivity contribution < 1.29 is 13.9 Å². The number of rotatable bonds is 8. The van der Waals surface area contributed by atoms with Gasteiger partial charge in [-0.25, -0.2) is 4.79 Å². The van der Waals surface area contributed by atoms with Crippen LogP contribution in [-0.4, -0.2) is 54.1 Å². The molecule has 4 aromatic rings. The molecule has 36 heavy (non-hydrogen) atoms. The Bertz CT molecular complexity index is 1390. The molecule has 0 saturated carbocycles. The van der Waals surface area contributed by atoms with Crippen molar-refractivity contribution in [2.75, 3.05) is 33.8 Å². The van der Waals surface area contributed by atoms with E-state index in [2.05, 4.69) is 41.3 Å². The number of benzene rings is 3. The molecule has 1 atom stereocenters. The summed E-state index contributed by atoms with van der Waals surface area (Å²) in [5.74, 6) is -0.106. The Kier molecular flexibility index (Phi) is 6.91. The van der Waals surface area contributed by atoms with Crippen LogP contribution >= 0.6 is 0 Å². The number of aromatic nitrogens is 1. The van der Waals surface area contributed by atoms with Crippen LogP contribution in [0.25, 0.3) is 22.2 Å². The number of carbonyl (C=O) groups is 1. The van der Waals surface area contributed by atoms with E-state index in [1.54, 1.807) is 30.2 Å². The summed E-state index contributed by atoms with van der Waals surface area (Å²) in [4.78, 5) is 30.2. The largest absolute Gasteiger partial charge is 0.497 e. The Balaban J connectivity index is 1.41. The SMILES string of the molecule is COc1ccc2oc(=O)n(CC(=O)N(C)C(CN3CCCC3)c3ccc(-c4ccccc4)cc3)c2c1. The van der Waals surface area contributed by atoms with Crippen LogP contribution in [0.15, 0.2) is 82.0 Å².